The van der Waals surface area contributed by atoms with Crippen molar-refractivity contribution in [2.24, 2.45) is 0 Å². The zero-order chi connectivity index (χ0) is 20.7. The number of hydrogen-bond donors (Lipinski definition) is 3. The van der Waals surface area contributed by atoms with Gasteiger partial charge in [0.1, 0.15) is 5.75 Å². The molecule has 2 aromatic rings. The molecule has 152 valence electrons. The normalized spacial score (nSPS) is 13.5. The highest BCUT2D eigenvalue weighted by molar-refractivity contribution is 6.30. The molecule has 0 saturated heterocycles. The lowest BCUT2D eigenvalue weighted by molar-refractivity contribution is -0.153. The molecule has 0 spiro atoms. The molecule has 2 amide bonds. The fourth-order valence-corrected chi connectivity index (χ4v) is 2.47. The van der Waals surface area contributed by atoms with Gasteiger partial charge in [0.05, 0.1) is 12.1 Å². The minimum Gasteiger partial charge on any atom is -0.484 e. The van der Waals surface area contributed by atoms with Gasteiger partial charge < -0.3 is 20.5 Å². The minimum atomic E-state index is -4.40. The van der Waals surface area contributed by atoms with E-state index in [1.165, 1.54) is 12.1 Å². The first-order valence-corrected chi connectivity index (χ1v) is 8.79. The Balaban J connectivity index is 1.80. The zero-order valence-electron chi connectivity index (χ0n) is 15.0. The number of amides is 2. The van der Waals surface area contributed by atoms with Gasteiger partial charge in [0.15, 0.2) is 6.61 Å². The van der Waals surface area contributed by atoms with Crippen LogP contribution in [-0.2, 0) is 0 Å². The molecule has 0 saturated carbocycles. The van der Waals surface area contributed by atoms with E-state index in [2.05, 4.69) is 15.4 Å². The third kappa shape index (κ3) is 7.28. The van der Waals surface area contributed by atoms with Gasteiger partial charge in [0.25, 0.3) is 0 Å². The van der Waals surface area contributed by atoms with Crippen LogP contribution >= 0.6 is 11.6 Å². The van der Waals surface area contributed by atoms with E-state index in [1.807, 2.05) is 0 Å². The van der Waals surface area contributed by atoms with Crippen LogP contribution in [0.1, 0.15) is 30.2 Å². The Morgan fingerprint density at radius 2 is 1.68 bits per heavy atom. The summed E-state index contributed by atoms with van der Waals surface area (Å²) in [5, 5.41) is 15.9. The summed E-state index contributed by atoms with van der Waals surface area (Å²) in [6.45, 7) is 0.365. The maximum absolute atomic E-state index is 12.1. The zero-order valence-corrected chi connectivity index (χ0v) is 15.7. The number of aliphatic hydroxyl groups is 1. The largest absolute Gasteiger partial charge is 0.484 e. The highest BCUT2D eigenvalue weighted by Crippen LogP contribution is 2.21. The van der Waals surface area contributed by atoms with Crippen molar-refractivity contribution in [3.05, 3.63) is 64.7 Å². The van der Waals surface area contributed by atoms with Crippen LogP contribution in [0.2, 0.25) is 5.02 Å². The summed E-state index contributed by atoms with van der Waals surface area (Å²) in [5.74, 6) is 0.0869. The lowest BCUT2D eigenvalue weighted by atomic mass is 10.1. The van der Waals surface area contributed by atoms with Crippen molar-refractivity contribution < 1.29 is 27.8 Å². The Morgan fingerprint density at radius 3 is 2.25 bits per heavy atom. The quantitative estimate of drug-likeness (QED) is 0.627. The smallest absolute Gasteiger partial charge is 0.422 e. The summed E-state index contributed by atoms with van der Waals surface area (Å²) < 4.78 is 41.1. The number of aliphatic hydroxyl groups excluding tert-OH is 1. The first kappa shape index (κ1) is 21.8. The molecule has 2 atom stereocenters. The third-order valence-electron chi connectivity index (χ3n) is 3.84. The molecule has 2 aromatic carbocycles. The molecule has 2 rings (SSSR count). The number of carbonyl (C=O) groups excluding carboxylic acids is 1. The summed E-state index contributed by atoms with van der Waals surface area (Å²) in [6, 6.07) is 11.7. The first-order valence-electron chi connectivity index (χ1n) is 8.41. The molecule has 0 fully saturated rings. The molecule has 0 aliphatic heterocycles. The third-order valence-corrected chi connectivity index (χ3v) is 4.09. The van der Waals surface area contributed by atoms with Crippen molar-refractivity contribution in [3.63, 3.8) is 0 Å². The average Bonchev–Trinajstić information content (AvgIpc) is 2.65. The first-order chi connectivity index (χ1) is 13.1. The summed E-state index contributed by atoms with van der Waals surface area (Å²) in [6.07, 6.45) is -5.29. The number of ether oxygens (including phenoxy) is 1. The molecular formula is C19H20ClF3N2O3. The molecule has 0 bridgehead atoms. The van der Waals surface area contributed by atoms with Gasteiger partial charge in [-0.05, 0) is 42.3 Å². The molecule has 0 aromatic heterocycles. The van der Waals surface area contributed by atoms with Crippen LogP contribution < -0.4 is 15.4 Å². The number of hydrogen-bond acceptors (Lipinski definition) is 3. The van der Waals surface area contributed by atoms with Gasteiger partial charge in [-0.3, -0.25) is 0 Å². The van der Waals surface area contributed by atoms with Crippen molar-refractivity contribution in [1.82, 2.24) is 10.6 Å². The number of halogens is 4. The van der Waals surface area contributed by atoms with Crippen molar-refractivity contribution in [2.75, 3.05) is 13.2 Å². The van der Waals surface area contributed by atoms with Crippen LogP contribution in [0.5, 0.6) is 5.75 Å². The van der Waals surface area contributed by atoms with E-state index in [0.29, 0.717) is 16.1 Å². The Kier molecular flexibility index (Phi) is 7.53. The molecular weight excluding hydrogens is 397 g/mol. The highest BCUT2D eigenvalue weighted by atomic mass is 35.5. The topological polar surface area (TPSA) is 70.6 Å². The van der Waals surface area contributed by atoms with Gasteiger partial charge >= 0.3 is 12.2 Å². The number of carbonyl (C=O) groups is 1. The van der Waals surface area contributed by atoms with Crippen LogP contribution in [0, 0.1) is 0 Å². The molecule has 9 heteroatoms. The fraction of sp³-hybridized carbons (Fsp3) is 0.316. The number of rotatable bonds is 7. The van der Waals surface area contributed by atoms with Crippen LogP contribution in [-0.4, -0.2) is 30.5 Å². The predicted octanol–water partition coefficient (Wildman–Crippen LogP) is 4.37. The van der Waals surface area contributed by atoms with Crippen molar-refractivity contribution in [2.45, 2.75) is 25.2 Å². The van der Waals surface area contributed by atoms with E-state index in [0.717, 1.165) is 0 Å². The SMILES string of the molecule is CC(NC(=O)NCC(O)c1ccc(Cl)cc1)c1ccc(OCC(F)(F)F)cc1. The minimum absolute atomic E-state index is 0.00437. The summed E-state index contributed by atoms with van der Waals surface area (Å²) >= 11 is 5.79. The van der Waals surface area contributed by atoms with E-state index >= 15 is 0 Å². The maximum atomic E-state index is 12.1. The van der Waals surface area contributed by atoms with Gasteiger partial charge in [0.2, 0.25) is 0 Å². The predicted molar refractivity (Wildman–Crippen MR) is 99.4 cm³/mol. The van der Waals surface area contributed by atoms with E-state index < -0.39 is 31.0 Å². The van der Waals surface area contributed by atoms with E-state index in [1.54, 1.807) is 43.3 Å². The Bertz CT molecular complexity index is 767. The summed E-state index contributed by atoms with van der Waals surface area (Å²) in [4.78, 5) is 12.0. The van der Waals surface area contributed by atoms with Crippen molar-refractivity contribution in [1.29, 1.82) is 0 Å². The molecule has 3 N–H and O–H groups in total. The van der Waals surface area contributed by atoms with Crippen molar-refractivity contribution >= 4 is 17.6 Å². The maximum Gasteiger partial charge on any atom is 0.422 e. The number of nitrogens with one attached hydrogen (secondary N) is 2. The average molecular weight is 417 g/mol. The Labute approximate surface area is 165 Å². The Hall–Kier alpha value is -2.45. The van der Waals surface area contributed by atoms with E-state index in [4.69, 9.17) is 11.6 Å². The second-order valence-electron chi connectivity index (χ2n) is 6.12. The van der Waals surface area contributed by atoms with Crippen LogP contribution in [0.15, 0.2) is 48.5 Å². The summed E-state index contributed by atoms with van der Waals surface area (Å²) in [5.41, 5.74) is 1.31. The second kappa shape index (κ2) is 9.66. The van der Waals surface area contributed by atoms with E-state index in [9.17, 15) is 23.1 Å². The second-order valence-corrected chi connectivity index (χ2v) is 6.55. The fourth-order valence-electron chi connectivity index (χ4n) is 2.34. The molecule has 5 nitrogen and oxygen atoms in total. The van der Waals surface area contributed by atoms with Gasteiger partial charge in [-0.25, -0.2) is 4.79 Å². The number of urea groups is 1. The van der Waals surface area contributed by atoms with Gasteiger partial charge in [-0.1, -0.05) is 35.9 Å². The molecule has 0 aliphatic rings. The highest BCUT2D eigenvalue weighted by Gasteiger charge is 2.28. The number of alkyl halides is 3. The molecule has 0 radical (unpaired) electrons. The summed E-state index contributed by atoms with van der Waals surface area (Å²) in [7, 11) is 0. The van der Waals surface area contributed by atoms with Gasteiger partial charge in [-0.2, -0.15) is 13.2 Å². The van der Waals surface area contributed by atoms with Crippen LogP contribution in [0.4, 0.5) is 18.0 Å². The molecule has 28 heavy (non-hydrogen) atoms. The van der Waals surface area contributed by atoms with Crippen LogP contribution in [0.25, 0.3) is 0 Å². The lowest BCUT2D eigenvalue weighted by Gasteiger charge is -2.17. The van der Waals surface area contributed by atoms with Gasteiger partial charge in [0, 0.05) is 11.6 Å². The van der Waals surface area contributed by atoms with Gasteiger partial charge in [-0.15, -0.1) is 0 Å². The number of benzene rings is 2. The lowest BCUT2D eigenvalue weighted by Crippen LogP contribution is -2.39. The molecule has 2 unspecified atom stereocenters. The standard InChI is InChI=1S/C19H20ClF3N2O3/c1-12(13-4-8-16(9-5-13)28-11-19(21,22)23)25-18(27)24-10-17(26)14-2-6-15(20)7-3-14/h2-9,12,17,26H,10-11H2,1H3,(H2,24,25,27). The van der Waals surface area contributed by atoms with E-state index in [-0.39, 0.29) is 12.3 Å². The molecule has 0 heterocycles. The monoisotopic (exact) mass is 416 g/mol. The van der Waals surface area contributed by atoms with Crippen molar-refractivity contribution in [3.8, 4) is 5.75 Å². The van der Waals surface area contributed by atoms with Crippen LogP contribution in [0.3, 0.4) is 0 Å². The molecule has 0 aliphatic carbocycles. The Morgan fingerprint density at radius 1 is 1.11 bits per heavy atom.